The van der Waals surface area contributed by atoms with E-state index in [2.05, 4.69) is 5.32 Å². The molecule has 0 heterocycles. The summed E-state index contributed by atoms with van der Waals surface area (Å²) in [5.74, 6) is 0.484. The number of Topliss-reactive ketones (excluding diaryl/α,β-unsaturated/α-hetero) is 1. The summed E-state index contributed by atoms with van der Waals surface area (Å²) in [6.07, 6.45) is -0.574. The third kappa shape index (κ3) is 4.54. The Bertz CT molecular complexity index is 365. The average Bonchev–Trinajstić information content (AvgIpc) is 2.34. The van der Waals surface area contributed by atoms with Crippen LogP contribution < -0.4 is 10.1 Å². The van der Waals surface area contributed by atoms with Crippen LogP contribution in [0.15, 0.2) is 24.3 Å². The molecule has 0 fully saturated rings. The van der Waals surface area contributed by atoms with Crippen LogP contribution in [0.2, 0.25) is 0 Å². The van der Waals surface area contributed by atoms with Gasteiger partial charge in [0.25, 0.3) is 0 Å². The maximum Gasteiger partial charge on any atom is 0.163 e. The second kappa shape index (κ2) is 7.04. The van der Waals surface area contributed by atoms with E-state index >= 15 is 0 Å². The molecule has 1 atom stereocenters. The molecule has 1 aromatic rings. The Morgan fingerprint density at radius 3 is 2.82 bits per heavy atom. The summed E-state index contributed by atoms with van der Waals surface area (Å²) in [4.78, 5) is 11.3. The van der Waals surface area contributed by atoms with Crippen molar-refractivity contribution in [3.8, 4) is 5.75 Å². The topological polar surface area (TPSA) is 58.6 Å². The number of nitrogens with one attached hydrogen (secondary N) is 1. The summed E-state index contributed by atoms with van der Waals surface area (Å²) in [6.45, 7) is 4.94. The second-order valence-corrected chi connectivity index (χ2v) is 3.82. The van der Waals surface area contributed by atoms with Gasteiger partial charge in [-0.25, -0.2) is 0 Å². The molecule has 94 valence electrons. The van der Waals surface area contributed by atoms with Crippen LogP contribution in [0.1, 0.15) is 24.2 Å². The number of hydrogen-bond donors (Lipinski definition) is 2. The van der Waals surface area contributed by atoms with Crippen molar-refractivity contribution >= 4 is 5.78 Å². The Balaban J connectivity index is 2.54. The molecule has 0 bridgehead atoms. The van der Waals surface area contributed by atoms with Gasteiger partial charge < -0.3 is 15.2 Å². The molecule has 17 heavy (non-hydrogen) atoms. The van der Waals surface area contributed by atoms with E-state index in [4.69, 9.17) is 4.74 Å². The van der Waals surface area contributed by atoms with E-state index in [0.29, 0.717) is 17.9 Å². The minimum absolute atomic E-state index is 0.0400. The Morgan fingerprint density at radius 2 is 2.18 bits per heavy atom. The summed E-state index contributed by atoms with van der Waals surface area (Å²) >= 11 is 0. The third-order valence-corrected chi connectivity index (χ3v) is 2.33. The number of carbonyl (C=O) groups excluding carboxylic acids is 1. The maximum absolute atomic E-state index is 11.3. The molecule has 0 radical (unpaired) electrons. The van der Waals surface area contributed by atoms with Gasteiger partial charge in [0.2, 0.25) is 0 Å². The Morgan fingerprint density at radius 1 is 1.47 bits per heavy atom. The van der Waals surface area contributed by atoms with Gasteiger partial charge in [-0.2, -0.15) is 0 Å². The zero-order chi connectivity index (χ0) is 12.7. The minimum Gasteiger partial charge on any atom is -0.490 e. The molecule has 4 nitrogen and oxygen atoms in total. The van der Waals surface area contributed by atoms with E-state index in [1.807, 2.05) is 6.92 Å². The highest BCUT2D eigenvalue weighted by Crippen LogP contribution is 2.18. The van der Waals surface area contributed by atoms with E-state index in [9.17, 15) is 9.90 Å². The molecule has 0 saturated carbocycles. The third-order valence-electron chi connectivity index (χ3n) is 2.33. The lowest BCUT2D eigenvalue weighted by molar-refractivity contribution is 0.0975. The molecule has 0 amide bonds. The molecular formula is C13H19NO3. The quantitative estimate of drug-likeness (QED) is 0.700. The van der Waals surface area contributed by atoms with Crippen molar-refractivity contribution in [2.45, 2.75) is 20.0 Å². The molecule has 1 rings (SSSR count). The molecule has 0 aromatic heterocycles. The SMILES string of the molecule is CCNCC(O)COc1ccccc1C(C)=O. The molecule has 1 unspecified atom stereocenters. The molecule has 0 spiro atoms. The smallest absolute Gasteiger partial charge is 0.163 e. The normalized spacial score (nSPS) is 12.2. The first kappa shape index (κ1) is 13.7. The van der Waals surface area contributed by atoms with Crippen LogP contribution in [-0.2, 0) is 0 Å². The Hall–Kier alpha value is -1.39. The Kier molecular flexibility index (Phi) is 5.66. The molecule has 1 aromatic carbocycles. The Labute approximate surface area is 102 Å². The van der Waals surface area contributed by atoms with E-state index in [1.165, 1.54) is 6.92 Å². The van der Waals surface area contributed by atoms with Crippen molar-refractivity contribution in [2.75, 3.05) is 19.7 Å². The number of ketones is 1. The minimum atomic E-state index is -0.574. The first-order chi connectivity index (χ1) is 8.15. The van der Waals surface area contributed by atoms with E-state index in [0.717, 1.165) is 6.54 Å². The van der Waals surface area contributed by atoms with Crippen molar-refractivity contribution in [3.05, 3.63) is 29.8 Å². The number of rotatable bonds is 7. The van der Waals surface area contributed by atoms with Crippen LogP contribution in [0, 0.1) is 0 Å². The fraction of sp³-hybridized carbons (Fsp3) is 0.462. The second-order valence-electron chi connectivity index (χ2n) is 3.82. The number of aliphatic hydroxyl groups excluding tert-OH is 1. The van der Waals surface area contributed by atoms with E-state index in [1.54, 1.807) is 24.3 Å². The highest BCUT2D eigenvalue weighted by atomic mass is 16.5. The summed E-state index contributed by atoms with van der Waals surface area (Å²) in [5, 5.41) is 12.6. The number of ether oxygens (including phenoxy) is 1. The molecule has 0 aliphatic heterocycles. The number of para-hydroxylation sites is 1. The molecule has 0 aliphatic carbocycles. The van der Waals surface area contributed by atoms with E-state index < -0.39 is 6.10 Å². The van der Waals surface area contributed by atoms with E-state index in [-0.39, 0.29) is 12.4 Å². The largest absolute Gasteiger partial charge is 0.490 e. The molecular weight excluding hydrogens is 218 g/mol. The van der Waals surface area contributed by atoms with Crippen LogP contribution in [0.25, 0.3) is 0 Å². The first-order valence-electron chi connectivity index (χ1n) is 5.76. The van der Waals surface area contributed by atoms with Gasteiger partial charge in [0, 0.05) is 6.54 Å². The van der Waals surface area contributed by atoms with Gasteiger partial charge in [-0.1, -0.05) is 19.1 Å². The molecule has 0 aliphatic rings. The van der Waals surface area contributed by atoms with Crippen molar-refractivity contribution in [1.29, 1.82) is 0 Å². The summed E-state index contributed by atoms with van der Waals surface area (Å²) < 4.78 is 5.45. The summed E-state index contributed by atoms with van der Waals surface area (Å²) in [6, 6.07) is 7.04. The number of benzene rings is 1. The predicted molar refractivity (Wildman–Crippen MR) is 66.5 cm³/mol. The van der Waals surface area contributed by atoms with Gasteiger partial charge >= 0.3 is 0 Å². The lowest BCUT2D eigenvalue weighted by Gasteiger charge is -2.14. The van der Waals surface area contributed by atoms with Crippen LogP contribution in [0.3, 0.4) is 0 Å². The molecule has 2 N–H and O–H groups in total. The van der Waals surface area contributed by atoms with Crippen LogP contribution >= 0.6 is 0 Å². The average molecular weight is 237 g/mol. The van der Waals surface area contributed by atoms with Gasteiger partial charge in [0.15, 0.2) is 5.78 Å². The van der Waals surface area contributed by atoms with Gasteiger partial charge in [0.1, 0.15) is 18.5 Å². The summed E-state index contributed by atoms with van der Waals surface area (Å²) in [5.41, 5.74) is 0.545. The lowest BCUT2D eigenvalue weighted by atomic mass is 10.1. The molecule has 4 heteroatoms. The summed E-state index contributed by atoms with van der Waals surface area (Å²) in [7, 11) is 0. The van der Waals surface area contributed by atoms with Crippen molar-refractivity contribution < 1.29 is 14.6 Å². The number of carbonyl (C=O) groups is 1. The van der Waals surface area contributed by atoms with Crippen LogP contribution in [-0.4, -0.2) is 36.7 Å². The lowest BCUT2D eigenvalue weighted by Crippen LogP contribution is -2.31. The maximum atomic E-state index is 11.3. The predicted octanol–water partition coefficient (Wildman–Crippen LogP) is 1.24. The monoisotopic (exact) mass is 237 g/mol. The number of hydrogen-bond acceptors (Lipinski definition) is 4. The fourth-order valence-corrected chi connectivity index (χ4v) is 1.44. The molecule has 0 saturated heterocycles. The van der Waals surface area contributed by atoms with Crippen molar-refractivity contribution in [1.82, 2.24) is 5.32 Å². The van der Waals surface area contributed by atoms with Crippen molar-refractivity contribution in [2.24, 2.45) is 0 Å². The van der Waals surface area contributed by atoms with Gasteiger partial charge in [0.05, 0.1) is 5.56 Å². The van der Waals surface area contributed by atoms with Crippen LogP contribution in [0.5, 0.6) is 5.75 Å². The fourth-order valence-electron chi connectivity index (χ4n) is 1.44. The highest BCUT2D eigenvalue weighted by Gasteiger charge is 2.09. The number of aliphatic hydroxyl groups is 1. The zero-order valence-corrected chi connectivity index (χ0v) is 10.3. The van der Waals surface area contributed by atoms with Crippen molar-refractivity contribution in [3.63, 3.8) is 0 Å². The van der Waals surface area contributed by atoms with Gasteiger partial charge in [-0.3, -0.25) is 4.79 Å². The highest BCUT2D eigenvalue weighted by molar-refractivity contribution is 5.96. The zero-order valence-electron chi connectivity index (χ0n) is 10.3. The van der Waals surface area contributed by atoms with Gasteiger partial charge in [-0.05, 0) is 25.6 Å². The van der Waals surface area contributed by atoms with Gasteiger partial charge in [-0.15, -0.1) is 0 Å². The first-order valence-corrected chi connectivity index (χ1v) is 5.76. The van der Waals surface area contributed by atoms with Crippen LogP contribution in [0.4, 0.5) is 0 Å². The number of likely N-dealkylation sites (N-methyl/N-ethyl adjacent to an activating group) is 1. The standard InChI is InChI=1S/C13H19NO3/c1-3-14-8-11(16)9-17-13-7-5-4-6-12(13)10(2)15/h4-7,11,14,16H,3,8-9H2,1-2H3.